The molecule has 1 atom stereocenters. The lowest BCUT2D eigenvalue weighted by Gasteiger charge is -2.23. The molecule has 1 fully saturated rings. The van der Waals surface area contributed by atoms with Crippen LogP contribution < -0.4 is 4.90 Å². The molecule has 1 aromatic heterocycles. The summed E-state index contributed by atoms with van der Waals surface area (Å²) < 4.78 is 0. The molecule has 0 aromatic carbocycles. The van der Waals surface area contributed by atoms with Crippen molar-refractivity contribution < 1.29 is 9.90 Å². The number of carboxylic acids is 1. The molecule has 1 unspecified atom stereocenters. The molecule has 0 saturated carbocycles. The Kier molecular flexibility index (Phi) is 4.40. The second kappa shape index (κ2) is 6.04. The molecule has 1 aliphatic heterocycles. The average molecular weight is 262 g/mol. The number of aromatic carboxylic acids is 1. The fourth-order valence-electron chi connectivity index (χ4n) is 2.74. The zero-order valence-electron chi connectivity index (χ0n) is 11.7. The summed E-state index contributed by atoms with van der Waals surface area (Å²) in [5.41, 5.74) is 1.19. The van der Waals surface area contributed by atoms with Crippen molar-refractivity contribution in [2.24, 2.45) is 5.92 Å². The van der Waals surface area contributed by atoms with Crippen LogP contribution in [0.5, 0.6) is 0 Å². The summed E-state index contributed by atoms with van der Waals surface area (Å²) in [6, 6.07) is 3.43. The van der Waals surface area contributed by atoms with Crippen molar-refractivity contribution in [3.63, 3.8) is 0 Å². The Morgan fingerprint density at radius 1 is 1.42 bits per heavy atom. The zero-order chi connectivity index (χ0) is 13.8. The van der Waals surface area contributed by atoms with Crippen molar-refractivity contribution >= 4 is 11.8 Å². The number of aromatic nitrogens is 1. The molecule has 2 heterocycles. The Hall–Kier alpha value is -1.58. The minimum atomic E-state index is -0.890. The van der Waals surface area contributed by atoms with E-state index in [2.05, 4.69) is 16.8 Å². The summed E-state index contributed by atoms with van der Waals surface area (Å²) in [5, 5.41) is 9.29. The van der Waals surface area contributed by atoms with Gasteiger partial charge < -0.3 is 10.0 Å². The lowest BCUT2D eigenvalue weighted by atomic mass is 9.98. The summed E-state index contributed by atoms with van der Waals surface area (Å²) >= 11 is 0. The third-order valence-corrected chi connectivity index (χ3v) is 3.97. The van der Waals surface area contributed by atoms with Crippen LogP contribution in [0.15, 0.2) is 12.1 Å². The van der Waals surface area contributed by atoms with Gasteiger partial charge in [-0.25, -0.2) is 9.78 Å². The fraction of sp³-hybridized carbons (Fsp3) is 0.600. The van der Waals surface area contributed by atoms with Crippen LogP contribution in [0.2, 0.25) is 0 Å². The van der Waals surface area contributed by atoms with Gasteiger partial charge in [-0.1, -0.05) is 13.3 Å². The monoisotopic (exact) mass is 262 g/mol. The number of hydrogen-bond acceptors (Lipinski definition) is 3. The van der Waals surface area contributed by atoms with Crippen LogP contribution in [0.1, 0.15) is 48.7 Å². The van der Waals surface area contributed by atoms with Gasteiger partial charge in [-0.2, -0.15) is 0 Å². The highest BCUT2D eigenvalue weighted by atomic mass is 16.4. The summed E-state index contributed by atoms with van der Waals surface area (Å²) in [7, 11) is 0. The first-order valence-corrected chi connectivity index (χ1v) is 7.07. The first-order chi connectivity index (χ1) is 9.11. The van der Waals surface area contributed by atoms with Crippen LogP contribution in [0.25, 0.3) is 0 Å². The second-order valence-corrected chi connectivity index (χ2v) is 5.32. The summed E-state index contributed by atoms with van der Waals surface area (Å²) in [4.78, 5) is 17.9. The highest BCUT2D eigenvalue weighted by molar-refractivity contribution is 5.93. The Morgan fingerprint density at radius 3 is 2.89 bits per heavy atom. The summed E-state index contributed by atoms with van der Waals surface area (Å²) in [5.74, 6) is 0.520. The van der Waals surface area contributed by atoms with Gasteiger partial charge in [-0.3, -0.25) is 0 Å². The molecule has 1 aromatic rings. The second-order valence-electron chi connectivity index (χ2n) is 5.32. The van der Waals surface area contributed by atoms with Crippen molar-refractivity contribution in [2.45, 2.75) is 39.5 Å². The highest BCUT2D eigenvalue weighted by Crippen LogP contribution is 2.25. The van der Waals surface area contributed by atoms with Gasteiger partial charge in [0.25, 0.3) is 0 Å². The fourth-order valence-corrected chi connectivity index (χ4v) is 2.74. The van der Waals surface area contributed by atoms with Gasteiger partial charge in [-0.15, -0.1) is 0 Å². The van der Waals surface area contributed by atoms with E-state index in [1.54, 1.807) is 12.1 Å². The molecule has 0 amide bonds. The van der Waals surface area contributed by atoms with Gasteiger partial charge in [0.1, 0.15) is 11.4 Å². The molecular formula is C15H22N2O2. The molecule has 1 saturated heterocycles. The van der Waals surface area contributed by atoms with Gasteiger partial charge in [0.2, 0.25) is 0 Å². The first kappa shape index (κ1) is 13.8. The number of pyridine rings is 1. The Bertz CT molecular complexity index is 459. The number of aryl methyl sites for hydroxylation is 1. The molecule has 0 bridgehead atoms. The number of carbonyl (C=O) groups is 1. The molecule has 1 N–H and O–H groups in total. The highest BCUT2D eigenvalue weighted by Gasteiger charge is 2.21. The molecule has 19 heavy (non-hydrogen) atoms. The number of carboxylic acid groups (broad SMARTS) is 1. The SMILES string of the molecule is CCC1CCCN(c2nc(C)ccc2C(=O)O)CC1. The molecule has 0 radical (unpaired) electrons. The molecule has 104 valence electrons. The minimum Gasteiger partial charge on any atom is -0.478 e. The third kappa shape index (κ3) is 3.25. The van der Waals surface area contributed by atoms with Gasteiger partial charge in [0.05, 0.1) is 0 Å². The normalized spacial score (nSPS) is 20.1. The lowest BCUT2D eigenvalue weighted by molar-refractivity contribution is 0.0697. The van der Waals surface area contributed by atoms with Crippen LogP contribution in [0.3, 0.4) is 0 Å². The van der Waals surface area contributed by atoms with Crippen molar-refractivity contribution in [1.82, 2.24) is 4.98 Å². The quantitative estimate of drug-likeness (QED) is 0.909. The Balaban J connectivity index is 2.25. The zero-order valence-corrected chi connectivity index (χ0v) is 11.7. The summed E-state index contributed by atoms with van der Waals surface area (Å²) in [6.45, 7) is 5.96. The predicted molar refractivity (Wildman–Crippen MR) is 75.8 cm³/mol. The summed E-state index contributed by atoms with van der Waals surface area (Å²) in [6.07, 6.45) is 4.69. The molecule has 0 spiro atoms. The maximum absolute atomic E-state index is 11.3. The molecule has 0 aliphatic carbocycles. The van der Waals surface area contributed by atoms with E-state index in [1.807, 2.05) is 6.92 Å². The van der Waals surface area contributed by atoms with E-state index in [4.69, 9.17) is 0 Å². The van der Waals surface area contributed by atoms with E-state index in [0.29, 0.717) is 11.4 Å². The van der Waals surface area contributed by atoms with E-state index in [9.17, 15) is 9.90 Å². The molecular weight excluding hydrogens is 240 g/mol. The van der Waals surface area contributed by atoms with E-state index in [0.717, 1.165) is 37.5 Å². The molecule has 2 rings (SSSR count). The predicted octanol–water partition coefficient (Wildman–Crippen LogP) is 3.10. The largest absolute Gasteiger partial charge is 0.478 e. The van der Waals surface area contributed by atoms with Gasteiger partial charge in [0, 0.05) is 18.8 Å². The van der Waals surface area contributed by atoms with Crippen LogP contribution in [-0.4, -0.2) is 29.1 Å². The smallest absolute Gasteiger partial charge is 0.339 e. The van der Waals surface area contributed by atoms with E-state index in [-0.39, 0.29) is 0 Å². The number of hydrogen-bond donors (Lipinski definition) is 1. The standard InChI is InChI=1S/C15H22N2O2/c1-3-12-5-4-9-17(10-8-12)14-13(15(18)19)7-6-11(2)16-14/h6-7,12H,3-5,8-10H2,1-2H3,(H,18,19). The van der Waals surface area contributed by atoms with E-state index < -0.39 is 5.97 Å². The van der Waals surface area contributed by atoms with Gasteiger partial charge in [0.15, 0.2) is 0 Å². The number of nitrogens with zero attached hydrogens (tertiary/aromatic N) is 2. The van der Waals surface area contributed by atoms with Crippen LogP contribution in [0, 0.1) is 12.8 Å². The van der Waals surface area contributed by atoms with Crippen molar-refractivity contribution in [3.05, 3.63) is 23.4 Å². The van der Waals surface area contributed by atoms with Crippen molar-refractivity contribution in [3.8, 4) is 0 Å². The molecule has 4 heteroatoms. The number of rotatable bonds is 3. The maximum Gasteiger partial charge on any atom is 0.339 e. The van der Waals surface area contributed by atoms with Crippen molar-refractivity contribution in [1.29, 1.82) is 0 Å². The molecule has 4 nitrogen and oxygen atoms in total. The van der Waals surface area contributed by atoms with E-state index >= 15 is 0 Å². The molecule has 1 aliphatic rings. The Morgan fingerprint density at radius 2 is 2.21 bits per heavy atom. The third-order valence-electron chi connectivity index (χ3n) is 3.97. The first-order valence-electron chi connectivity index (χ1n) is 7.07. The van der Waals surface area contributed by atoms with Crippen LogP contribution >= 0.6 is 0 Å². The number of anilines is 1. The van der Waals surface area contributed by atoms with Crippen LogP contribution in [0.4, 0.5) is 5.82 Å². The van der Waals surface area contributed by atoms with Gasteiger partial charge in [-0.05, 0) is 44.2 Å². The average Bonchev–Trinajstić information content (AvgIpc) is 2.63. The maximum atomic E-state index is 11.3. The van der Waals surface area contributed by atoms with Gasteiger partial charge >= 0.3 is 5.97 Å². The van der Waals surface area contributed by atoms with Crippen molar-refractivity contribution in [2.75, 3.05) is 18.0 Å². The van der Waals surface area contributed by atoms with Crippen LogP contribution in [-0.2, 0) is 0 Å². The lowest BCUT2D eigenvalue weighted by Crippen LogP contribution is -2.27. The topological polar surface area (TPSA) is 53.4 Å². The Labute approximate surface area is 114 Å². The minimum absolute atomic E-state index is 0.320. The van der Waals surface area contributed by atoms with E-state index in [1.165, 1.54) is 12.8 Å².